The monoisotopic (exact) mass is 363 g/mol. The summed E-state index contributed by atoms with van der Waals surface area (Å²) in [6, 6.07) is 9.87. The van der Waals surface area contributed by atoms with Crippen LogP contribution in [0.3, 0.4) is 0 Å². The summed E-state index contributed by atoms with van der Waals surface area (Å²) in [5, 5.41) is 5.81. The average molecular weight is 363 g/mol. The van der Waals surface area contributed by atoms with Gasteiger partial charge in [0.1, 0.15) is 0 Å². The number of anilines is 1. The van der Waals surface area contributed by atoms with Crippen LogP contribution in [0.4, 0.5) is 18.9 Å². The highest BCUT2D eigenvalue weighted by Gasteiger charge is 2.32. The van der Waals surface area contributed by atoms with Gasteiger partial charge in [-0.2, -0.15) is 18.3 Å². The molecule has 0 saturated heterocycles. The van der Waals surface area contributed by atoms with E-state index in [0.717, 1.165) is 23.4 Å². The highest BCUT2D eigenvalue weighted by Crippen LogP contribution is 2.31. The van der Waals surface area contributed by atoms with Crippen LogP contribution >= 0.6 is 0 Å². The number of nitrogens with zero attached hydrogens (tertiary/aromatic N) is 1. The SMILES string of the molecule is Cc1ccc(NC(=O)C(=O)N/N=C\c2ccccc2C(F)(F)F)cc1C. The Kier molecular flexibility index (Phi) is 5.76. The van der Waals surface area contributed by atoms with Gasteiger partial charge >= 0.3 is 18.0 Å². The van der Waals surface area contributed by atoms with Crippen LogP contribution in [0, 0.1) is 13.8 Å². The minimum absolute atomic E-state index is 0.227. The van der Waals surface area contributed by atoms with E-state index in [0.29, 0.717) is 5.69 Å². The second kappa shape index (κ2) is 7.81. The molecular formula is C18H16F3N3O2. The van der Waals surface area contributed by atoms with Crippen molar-refractivity contribution in [3.05, 3.63) is 64.7 Å². The van der Waals surface area contributed by atoms with E-state index in [1.807, 2.05) is 19.3 Å². The van der Waals surface area contributed by atoms with Crippen molar-refractivity contribution in [2.75, 3.05) is 5.32 Å². The molecule has 26 heavy (non-hydrogen) atoms. The minimum atomic E-state index is -4.55. The van der Waals surface area contributed by atoms with Crippen LogP contribution in [-0.2, 0) is 15.8 Å². The van der Waals surface area contributed by atoms with Gasteiger partial charge in [0.15, 0.2) is 0 Å². The zero-order chi connectivity index (χ0) is 19.3. The summed E-state index contributed by atoms with van der Waals surface area (Å²) >= 11 is 0. The van der Waals surface area contributed by atoms with Crippen molar-refractivity contribution in [2.24, 2.45) is 5.10 Å². The first kappa shape index (κ1) is 19.2. The molecule has 0 fully saturated rings. The number of hydrazone groups is 1. The molecule has 5 nitrogen and oxygen atoms in total. The van der Waals surface area contributed by atoms with Crippen molar-refractivity contribution in [2.45, 2.75) is 20.0 Å². The Morgan fingerprint density at radius 1 is 1.00 bits per heavy atom. The number of carbonyl (C=O) groups is 2. The molecule has 0 atom stereocenters. The van der Waals surface area contributed by atoms with Crippen molar-refractivity contribution in [3.8, 4) is 0 Å². The first-order valence-corrected chi connectivity index (χ1v) is 7.56. The van der Waals surface area contributed by atoms with Gasteiger partial charge in [0, 0.05) is 11.3 Å². The molecule has 0 bridgehead atoms. The fourth-order valence-electron chi connectivity index (χ4n) is 2.09. The van der Waals surface area contributed by atoms with Crippen molar-refractivity contribution >= 4 is 23.7 Å². The lowest BCUT2D eigenvalue weighted by Gasteiger charge is -2.09. The second-order valence-corrected chi connectivity index (χ2v) is 5.54. The third-order valence-electron chi connectivity index (χ3n) is 3.61. The van der Waals surface area contributed by atoms with Crippen LogP contribution in [0.2, 0.25) is 0 Å². The summed E-state index contributed by atoms with van der Waals surface area (Å²) in [6.07, 6.45) is -3.71. The number of alkyl halides is 3. The summed E-state index contributed by atoms with van der Waals surface area (Å²) in [5.41, 5.74) is 3.18. The third kappa shape index (κ3) is 4.92. The van der Waals surface area contributed by atoms with Crippen molar-refractivity contribution in [3.63, 3.8) is 0 Å². The minimum Gasteiger partial charge on any atom is -0.318 e. The second-order valence-electron chi connectivity index (χ2n) is 5.54. The molecule has 0 aliphatic rings. The Bertz CT molecular complexity index is 861. The Morgan fingerprint density at radius 3 is 2.35 bits per heavy atom. The van der Waals surface area contributed by atoms with Crippen LogP contribution in [0.15, 0.2) is 47.6 Å². The van der Waals surface area contributed by atoms with E-state index in [1.165, 1.54) is 18.2 Å². The number of hydrogen-bond acceptors (Lipinski definition) is 3. The van der Waals surface area contributed by atoms with Crippen LogP contribution in [0.1, 0.15) is 22.3 Å². The summed E-state index contributed by atoms with van der Waals surface area (Å²) < 4.78 is 38.6. The van der Waals surface area contributed by atoms with E-state index >= 15 is 0 Å². The molecule has 0 radical (unpaired) electrons. The lowest BCUT2D eigenvalue weighted by Crippen LogP contribution is -2.32. The maximum Gasteiger partial charge on any atom is 0.417 e. The van der Waals surface area contributed by atoms with Gasteiger partial charge in [-0.05, 0) is 43.2 Å². The molecule has 0 unspecified atom stereocenters. The Labute approximate surface area is 147 Å². The molecule has 136 valence electrons. The molecule has 0 aromatic heterocycles. The molecule has 0 heterocycles. The van der Waals surface area contributed by atoms with Gasteiger partial charge in [0.25, 0.3) is 0 Å². The zero-order valence-corrected chi connectivity index (χ0v) is 14.0. The number of carbonyl (C=O) groups excluding carboxylic acids is 2. The number of rotatable bonds is 3. The molecule has 2 aromatic rings. The Hall–Kier alpha value is -3.16. The number of nitrogens with one attached hydrogen (secondary N) is 2. The molecule has 0 aliphatic heterocycles. The fraction of sp³-hybridized carbons (Fsp3) is 0.167. The van der Waals surface area contributed by atoms with Gasteiger partial charge in [-0.15, -0.1) is 0 Å². The van der Waals surface area contributed by atoms with Gasteiger partial charge in [-0.25, -0.2) is 5.43 Å². The maximum absolute atomic E-state index is 12.9. The van der Waals surface area contributed by atoms with Crippen LogP contribution in [-0.4, -0.2) is 18.0 Å². The normalized spacial score (nSPS) is 11.4. The van der Waals surface area contributed by atoms with Gasteiger partial charge in [-0.1, -0.05) is 24.3 Å². The van der Waals surface area contributed by atoms with E-state index in [2.05, 4.69) is 10.4 Å². The van der Waals surface area contributed by atoms with Gasteiger partial charge in [0.2, 0.25) is 0 Å². The fourth-order valence-corrected chi connectivity index (χ4v) is 2.09. The third-order valence-corrected chi connectivity index (χ3v) is 3.61. The molecule has 8 heteroatoms. The topological polar surface area (TPSA) is 70.6 Å². The smallest absolute Gasteiger partial charge is 0.318 e. The van der Waals surface area contributed by atoms with E-state index in [9.17, 15) is 22.8 Å². The first-order chi connectivity index (χ1) is 12.2. The Morgan fingerprint density at radius 2 is 1.69 bits per heavy atom. The summed E-state index contributed by atoms with van der Waals surface area (Å²) in [6.45, 7) is 3.76. The quantitative estimate of drug-likeness (QED) is 0.498. The predicted molar refractivity (Wildman–Crippen MR) is 91.7 cm³/mol. The van der Waals surface area contributed by atoms with Gasteiger partial charge in [0.05, 0.1) is 11.8 Å². The van der Waals surface area contributed by atoms with Gasteiger partial charge < -0.3 is 5.32 Å². The Balaban J connectivity index is 2.01. The van der Waals surface area contributed by atoms with E-state index < -0.39 is 23.6 Å². The van der Waals surface area contributed by atoms with E-state index in [1.54, 1.807) is 18.2 Å². The van der Waals surface area contributed by atoms with Gasteiger partial charge in [-0.3, -0.25) is 9.59 Å². The number of hydrogen-bond donors (Lipinski definition) is 2. The summed E-state index contributed by atoms with van der Waals surface area (Å²) in [5.74, 6) is -2.07. The lowest BCUT2D eigenvalue weighted by atomic mass is 10.1. The molecule has 2 rings (SSSR count). The van der Waals surface area contributed by atoms with Crippen LogP contribution in [0.5, 0.6) is 0 Å². The highest BCUT2D eigenvalue weighted by atomic mass is 19.4. The maximum atomic E-state index is 12.9. The standard InChI is InChI=1S/C18H16F3N3O2/c1-11-7-8-14(9-12(11)2)23-16(25)17(26)24-22-10-13-5-3-4-6-15(13)18(19,20)21/h3-10H,1-2H3,(H,23,25)(H,24,26)/b22-10-. The van der Waals surface area contributed by atoms with Crippen molar-refractivity contribution in [1.29, 1.82) is 0 Å². The van der Waals surface area contributed by atoms with E-state index in [-0.39, 0.29) is 5.56 Å². The number of aryl methyl sites for hydroxylation is 2. The molecule has 2 aromatic carbocycles. The molecule has 0 spiro atoms. The molecule has 0 aliphatic carbocycles. The number of halogens is 3. The average Bonchev–Trinajstić information content (AvgIpc) is 2.57. The lowest BCUT2D eigenvalue weighted by molar-refractivity contribution is -0.137. The first-order valence-electron chi connectivity index (χ1n) is 7.56. The summed E-state index contributed by atoms with van der Waals surface area (Å²) in [4.78, 5) is 23.5. The molecule has 0 saturated carbocycles. The van der Waals surface area contributed by atoms with Crippen molar-refractivity contribution in [1.82, 2.24) is 5.43 Å². The molecule has 2 N–H and O–H groups in total. The largest absolute Gasteiger partial charge is 0.417 e. The predicted octanol–water partition coefficient (Wildman–Crippen LogP) is 3.41. The number of benzene rings is 2. The molecule has 2 amide bonds. The van der Waals surface area contributed by atoms with Crippen molar-refractivity contribution < 1.29 is 22.8 Å². The number of amides is 2. The zero-order valence-electron chi connectivity index (χ0n) is 14.0. The summed E-state index contributed by atoms with van der Waals surface area (Å²) in [7, 11) is 0. The van der Waals surface area contributed by atoms with Crippen LogP contribution < -0.4 is 10.7 Å². The van der Waals surface area contributed by atoms with Crippen LogP contribution in [0.25, 0.3) is 0 Å². The highest BCUT2D eigenvalue weighted by molar-refractivity contribution is 6.39. The molecular weight excluding hydrogens is 347 g/mol. The van der Waals surface area contributed by atoms with E-state index in [4.69, 9.17) is 0 Å².